The highest BCUT2D eigenvalue weighted by molar-refractivity contribution is 6.00. The number of hydrogen-bond acceptors (Lipinski definition) is 5. The number of fused-ring (bicyclic) bond motifs is 1. The van der Waals surface area contributed by atoms with Crippen LogP contribution < -0.4 is 0 Å². The highest BCUT2D eigenvalue weighted by Gasteiger charge is 2.16. The number of carbonyl (C=O) groups excluding carboxylic acids is 1. The van der Waals surface area contributed by atoms with Crippen molar-refractivity contribution in [2.45, 2.75) is 34.1 Å². The number of aryl methyl sites for hydroxylation is 4. The predicted molar refractivity (Wildman–Crippen MR) is 128 cm³/mol. The first-order valence-electron chi connectivity index (χ1n) is 10.8. The van der Waals surface area contributed by atoms with Gasteiger partial charge in [-0.2, -0.15) is 5.21 Å². The highest BCUT2D eigenvalue weighted by atomic mass is 16.1. The minimum atomic E-state index is 0.0909. The summed E-state index contributed by atoms with van der Waals surface area (Å²) in [7, 11) is 0. The van der Waals surface area contributed by atoms with Gasteiger partial charge in [0.25, 0.3) is 0 Å². The van der Waals surface area contributed by atoms with Gasteiger partial charge >= 0.3 is 0 Å². The standard InChI is InChI=1S/C26H24N6O/c1-14-5-6-18(9-15(14)2)12-23(33)19-7-8-21-22(13-19)28-26(27-21)24-16(3)10-20(11-17(24)4)25-29-31-32-30-25/h5-11,13H,12H2,1-4H3,(H,27,28)(H,29,30,31,32). The Labute approximate surface area is 191 Å². The summed E-state index contributed by atoms with van der Waals surface area (Å²) in [6.45, 7) is 8.22. The van der Waals surface area contributed by atoms with Crippen LogP contribution in [0.25, 0.3) is 33.8 Å². The monoisotopic (exact) mass is 436 g/mol. The fraction of sp³-hybridized carbons (Fsp3) is 0.192. The van der Waals surface area contributed by atoms with Gasteiger partial charge in [0.05, 0.1) is 11.0 Å². The smallest absolute Gasteiger partial charge is 0.204 e. The third-order valence-corrected chi connectivity index (χ3v) is 6.11. The number of hydrogen-bond donors (Lipinski definition) is 2. The molecule has 2 aromatic heterocycles. The number of rotatable bonds is 5. The minimum Gasteiger partial charge on any atom is -0.338 e. The number of benzene rings is 3. The van der Waals surface area contributed by atoms with Crippen LogP contribution in [0.15, 0.2) is 48.5 Å². The van der Waals surface area contributed by atoms with Crippen molar-refractivity contribution in [2.75, 3.05) is 0 Å². The number of ketones is 1. The number of tetrazole rings is 1. The van der Waals surface area contributed by atoms with E-state index in [9.17, 15) is 4.79 Å². The van der Waals surface area contributed by atoms with Crippen molar-refractivity contribution in [1.82, 2.24) is 30.6 Å². The summed E-state index contributed by atoms with van der Waals surface area (Å²) in [5.74, 6) is 1.43. The molecule has 0 fully saturated rings. The fourth-order valence-electron chi connectivity index (χ4n) is 4.25. The fourth-order valence-corrected chi connectivity index (χ4v) is 4.25. The van der Waals surface area contributed by atoms with E-state index in [4.69, 9.17) is 4.98 Å². The normalized spacial score (nSPS) is 11.3. The van der Waals surface area contributed by atoms with Crippen molar-refractivity contribution in [3.63, 3.8) is 0 Å². The summed E-state index contributed by atoms with van der Waals surface area (Å²) in [6.07, 6.45) is 0.378. The Balaban J connectivity index is 1.46. The van der Waals surface area contributed by atoms with Crippen LogP contribution in [0.4, 0.5) is 0 Å². The molecule has 7 nitrogen and oxygen atoms in total. The maximum atomic E-state index is 12.9. The highest BCUT2D eigenvalue weighted by Crippen LogP contribution is 2.31. The van der Waals surface area contributed by atoms with Crippen LogP contribution in [-0.4, -0.2) is 36.4 Å². The number of carbonyl (C=O) groups is 1. The van der Waals surface area contributed by atoms with Crippen LogP contribution in [0.3, 0.4) is 0 Å². The molecular weight excluding hydrogens is 412 g/mol. The Hall–Kier alpha value is -4.13. The zero-order valence-electron chi connectivity index (χ0n) is 19.0. The lowest BCUT2D eigenvalue weighted by Crippen LogP contribution is -2.04. The molecule has 0 aliphatic carbocycles. The van der Waals surface area contributed by atoms with E-state index in [1.54, 1.807) is 0 Å². The molecule has 0 saturated heterocycles. The van der Waals surface area contributed by atoms with E-state index in [0.717, 1.165) is 44.7 Å². The van der Waals surface area contributed by atoms with Gasteiger partial charge in [0.2, 0.25) is 5.82 Å². The number of Topliss-reactive ketones (excluding diaryl/α,β-unsaturated/α-hetero) is 1. The summed E-state index contributed by atoms with van der Waals surface area (Å²) >= 11 is 0. The maximum absolute atomic E-state index is 12.9. The molecule has 0 amide bonds. The SMILES string of the molecule is Cc1ccc(CC(=O)c2ccc3nc(-c4c(C)cc(-c5nn[nH]n5)cc4C)[nH]c3c2)cc1C. The molecule has 0 spiro atoms. The molecule has 0 aliphatic heterocycles. The zero-order chi connectivity index (χ0) is 23.1. The second kappa shape index (κ2) is 8.09. The van der Waals surface area contributed by atoms with Crippen LogP contribution in [-0.2, 0) is 6.42 Å². The van der Waals surface area contributed by atoms with Crippen molar-refractivity contribution in [2.24, 2.45) is 0 Å². The van der Waals surface area contributed by atoms with Crippen molar-refractivity contribution in [1.29, 1.82) is 0 Å². The molecule has 164 valence electrons. The molecule has 2 heterocycles. The number of H-pyrrole nitrogens is 2. The largest absolute Gasteiger partial charge is 0.338 e. The molecule has 0 atom stereocenters. The van der Waals surface area contributed by atoms with Crippen molar-refractivity contribution < 1.29 is 4.79 Å². The molecule has 0 unspecified atom stereocenters. The molecule has 0 aliphatic rings. The molecule has 3 aromatic carbocycles. The van der Waals surface area contributed by atoms with Crippen LogP contribution >= 0.6 is 0 Å². The van der Waals surface area contributed by atoms with E-state index < -0.39 is 0 Å². The van der Waals surface area contributed by atoms with Gasteiger partial charge in [-0.3, -0.25) is 4.79 Å². The van der Waals surface area contributed by atoms with Crippen molar-refractivity contribution >= 4 is 16.8 Å². The van der Waals surface area contributed by atoms with E-state index in [1.807, 2.05) is 50.2 Å². The van der Waals surface area contributed by atoms with Crippen LogP contribution in [0, 0.1) is 27.7 Å². The van der Waals surface area contributed by atoms with Crippen LogP contribution in [0.5, 0.6) is 0 Å². The van der Waals surface area contributed by atoms with E-state index in [-0.39, 0.29) is 5.78 Å². The van der Waals surface area contributed by atoms with E-state index >= 15 is 0 Å². The molecule has 5 aromatic rings. The first kappa shape index (κ1) is 20.8. The minimum absolute atomic E-state index is 0.0909. The van der Waals surface area contributed by atoms with Gasteiger partial charge < -0.3 is 4.98 Å². The molecule has 7 heteroatoms. The Morgan fingerprint density at radius 3 is 2.36 bits per heavy atom. The lowest BCUT2D eigenvalue weighted by Gasteiger charge is -2.09. The summed E-state index contributed by atoms with van der Waals surface area (Å²) in [5.41, 5.74) is 9.85. The molecule has 0 saturated carbocycles. The topological polar surface area (TPSA) is 100 Å². The van der Waals surface area contributed by atoms with Gasteiger partial charge in [-0.1, -0.05) is 18.2 Å². The summed E-state index contributed by atoms with van der Waals surface area (Å²) in [5, 5.41) is 14.3. The molecule has 2 N–H and O–H groups in total. The van der Waals surface area contributed by atoms with Crippen molar-refractivity contribution in [3.8, 4) is 22.8 Å². The Morgan fingerprint density at radius 1 is 0.879 bits per heavy atom. The number of nitrogens with zero attached hydrogens (tertiary/aromatic N) is 4. The average molecular weight is 437 g/mol. The number of aromatic amines is 2. The third-order valence-electron chi connectivity index (χ3n) is 6.11. The third kappa shape index (κ3) is 3.93. The van der Waals surface area contributed by atoms with Gasteiger partial charge in [0, 0.05) is 23.1 Å². The average Bonchev–Trinajstić information content (AvgIpc) is 3.45. The van der Waals surface area contributed by atoms with Gasteiger partial charge in [0.1, 0.15) is 5.82 Å². The molecule has 0 bridgehead atoms. The number of nitrogens with one attached hydrogen (secondary N) is 2. The quantitative estimate of drug-likeness (QED) is 0.375. The van der Waals surface area contributed by atoms with E-state index in [1.165, 1.54) is 11.1 Å². The van der Waals surface area contributed by atoms with Gasteiger partial charge in [-0.05, 0) is 91.1 Å². The first-order chi connectivity index (χ1) is 15.9. The first-order valence-corrected chi connectivity index (χ1v) is 10.8. The second-order valence-corrected chi connectivity index (χ2v) is 8.56. The van der Waals surface area contributed by atoms with Gasteiger partial charge in [-0.25, -0.2) is 4.98 Å². The van der Waals surface area contributed by atoms with Gasteiger partial charge in [-0.15, -0.1) is 10.2 Å². The Bertz CT molecular complexity index is 1470. The molecule has 33 heavy (non-hydrogen) atoms. The number of imidazole rings is 1. The molecule has 5 rings (SSSR count). The number of aromatic nitrogens is 6. The summed E-state index contributed by atoms with van der Waals surface area (Å²) in [6, 6.07) is 15.9. The maximum Gasteiger partial charge on any atom is 0.204 e. The van der Waals surface area contributed by atoms with Crippen molar-refractivity contribution in [3.05, 3.63) is 81.9 Å². The lowest BCUT2D eigenvalue weighted by molar-refractivity contribution is 0.0993. The molecule has 0 radical (unpaired) electrons. The van der Waals surface area contributed by atoms with E-state index in [0.29, 0.717) is 17.8 Å². The Kier molecular flexibility index (Phi) is 5.09. The zero-order valence-corrected chi connectivity index (χ0v) is 19.0. The Morgan fingerprint density at radius 2 is 1.67 bits per heavy atom. The predicted octanol–water partition coefficient (Wildman–Crippen LogP) is 5.07. The van der Waals surface area contributed by atoms with Crippen LogP contribution in [0.2, 0.25) is 0 Å². The van der Waals surface area contributed by atoms with Gasteiger partial charge in [0.15, 0.2) is 5.78 Å². The second-order valence-electron chi connectivity index (χ2n) is 8.56. The lowest BCUT2D eigenvalue weighted by atomic mass is 9.98. The van der Waals surface area contributed by atoms with Crippen LogP contribution in [0.1, 0.15) is 38.2 Å². The summed E-state index contributed by atoms with van der Waals surface area (Å²) < 4.78 is 0. The van der Waals surface area contributed by atoms with E-state index in [2.05, 4.69) is 51.6 Å². The summed E-state index contributed by atoms with van der Waals surface area (Å²) in [4.78, 5) is 21.1. The molecular formula is C26H24N6O.